The van der Waals surface area contributed by atoms with E-state index in [0.29, 0.717) is 12.1 Å². The summed E-state index contributed by atoms with van der Waals surface area (Å²) >= 11 is 0. The molecular weight excluding hydrogens is 238 g/mol. The van der Waals surface area contributed by atoms with Gasteiger partial charge in [0.2, 0.25) is 0 Å². The average Bonchev–Trinajstić information content (AvgIpc) is 2.38. The van der Waals surface area contributed by atoms with Gasteiger partial charge in [-0.1, -0.05) is 17.7 Å². The lowest BCUT2D eigenvalue weighted by molar-refractivity contribution is -0.0964. The molecule has 104 valence electrons. The van der Waals surface area contributed by atoms with E-state index in [2.05, 4.69) is 37.4 Å². The third-order valence-corrected chi connectivity index (χ3v) is 4.41. The van der Waals surface area contributed by atoms with Gasteiger partial charge in [0.05, 0.1) is 12.7 Å². The second-order valence-corrected chi connectivity index (χ2v) is 6.01. The van der Waals surface area contributed by atoms with Gasteiger partial charge in [-0.05, 0) is 27.0 Å². The van der Waals surface area contributed by atoms with Crippen LogP contribution in [0.2, 0.25) is 0 Å². The Morgan fingerprint density at radius 3 is 2.89 bits per heavy atom. The van der Waals surface area contributed by atoms with Gasteiger partial charge in [0.15, 0.2) is 0 Å². The van der Waals surface area contributed by atoms with Crippen molar-refractivity contribution >= 4 is 0 Å². The first-order chi connectivity index (χ1) is 9.12. The largest absolute Gasteiger partial charge is 0.487 e. The highest BCUT2D eigenvalue weighted by Gasteiger charge is 2.43. The Balaban J connectivity index is 1.95. The van der Waals surface area contributed by atoms with Crippen LogP contribution in [-0.2, 0) is 4.74 Å². The van der Waals surface area contributed by atoms with Crippen LogP contribution < -0.4 is 10.1 Å². The number of rotatable bonds is 1. The quantitative estimate of drug-likeness (QED) is 0.843. The molecule has 1 fully saturated rings. The van der Waals surface area contributed by atoms with Crippen molar-refractivity contribution in [2.24, 2.45) is 0 Å². The fraction of sp³-hybridized carbons (Fsp3) is 0.625. The highest BCUT2D eigenvalue weighted by Crippen LogP contribution is 2.45. The summed E-state index contributed by atoms with van der Waals surface area (Å²) in [7, 11) is 2.04. The molecule has 1 aromatic rings. The number of aryl methyl sites for hydroxylation is 1. The molecule has 2 heterocycles. The number of nitrogens with one attached hydrogen (secondary N) is 1. The Labute approximate surface area is 115 Å². The Morgan fingerprint density at radius 2 is 2.16 bits per heavy atom. The molecule has 1 saturated heterocycles. The molecule has 1 N–H and O–H groups in total. The summed E-state index contributed by atoms with van der Waals surface area (Å²) in [6.07, 6.45) is 3.30. The van der Waals surface area contributed by atoms with E-state index in [9.17, 15) is 0 Å². The maximum absolute atomic E-state index is 6.40. The van der Waals surface area contributed by atoms with Crippen LogP contribution in [0.15, 0.2) is 18.2 Å². The Morgan fingerprint density at radius 1 is 1.32 bits per heavy atom. The van der Waals surface area contributed by atoms with Crippen LogP contribution in [0.3, 0.4) is 0 Å². The number of hydrogen-bond acceptors (Lipinski definition) is 3. The maximum atomic E-state index is 6.40. The molecule has 0 aliphatic carbocycles. The SMILES string of the molecule is CNC1CC2(CCOC(C)C2)Oc2ccc(C)cc21. The van der Waals surface area contributed by atoms with Gasteiger partial charge >= 0.3 is 0 Å². The molecule has 3 nitrogen and oxygen atoms in total. The van der Waals surface area contributed by atoms with E-state index in [1.165, 1.54) is 11.1 Å². The van der Waals surface area contributed by atoms with E-state index in [0.717, 1.165) is 31.6 Å². The average molecular weight is 261 g/mol. The second-order valence-electron chi connectivity index (χ2n) is 6.01. The molecule has 19 heavy (non-hydrogen) atoms. The van der Waals surface area contributed by atoms with Crippen LogP contribution >= 0.6 is 0 Å². The van der Waals surface area contributed by atoms with Crippen molar-refractivity contribution in [3.8, 4) is 5.75 Å². The Kier molecular flexibility index (Phi) is 3.27. The minimum Gasteiger partial charge on any atom is -0.487 e. The molecule has 3 rings (SSSR count). The van der Waals surface area contributed by atoms with Gasteiger partial charge < -0.3 is 14.8 Å². The highest BCUT2D eigenvalue weighted by molar-refractivity contribution is 5.41. The van der Waals surface area contributed by atoms with Crippen LogP contribution in [0.5, 0.6) is 5.75 Å². The first kappa shape index (κ1) is 12.9. The molecule has 2 aliphatic heterocycles. The Hall–Kier alpha value is -1.06. The lowest BCUT2D eigenvalue weighted by atomic mass is 9.80. The zero-order valence-corrected chi connectivity index (χ0v) is 12.0. The van der Waals surface area contributed by atoms with Crippen molar-refractivity contribution in [2.45, 2.75) is 50.9 Å². The van der Waals surface area contributed by atoms with Gasteiger partial charge in [0, 0.05) is 30.9 Å². The molecule has 0 amide bonds. The molecule has 0 bridgehead atoms. The van der Waals surface area contributed by atoms with Crippen molar-refractivity contribution in [2.75, 3.05) is 13.7 Å². The van der Waals surface area contributed by atoms with Crippen LogP contribution in [0.1, 0.15) is 43.4 Å². The summed E-state index contributed by atoms with van der Waals surface area (Å²) in [5, 5.41) is 3.45. The molecule has 0 aromatic heterocycles. The van der Waals surface area contributed by atoms with Gasteiger partial charge in [0.1, 0.15) is 11.4 Å². The molecular formula is C16H23NO2. The smallest absolute Gasteiger partial charge is 0.124 e. The lowest BCUT2D eigenvalue weighted by Crippen LogP contribution is -2.49. The van der Waals surface area contributed by atoms with Gasteiger partial charge in [0.25, 0.3) is 0 Å². The van der Waals surface area contributed by atoms with Crippen LogP contribution in [0.25, 0.3) is 0 Å². The Bertz CT molecular complexity index is 474. The summed E-state index contributed by atoms with van der Waals surface area (Å²) in [4.78, 5) is 0. The molecule has 1 spiro atoms. The predicted octanol–water partition coefficient (Wildman–Crippen LogP) is 2.98. The number of benzene rings is 1. The number of fused-ring (bicyclic) bond motifs is 1. The zero-order valence-electron chi connectivity index (χ0n) is 12.0. The van der Waals surface area contributed by atoms with Gasteiger partial charge in [-0.25, -0.2) is 0 Å². The van der Waals surface area contributed by atoms with Crippen LogP contribution in [-0.4, -0.2) is 25.4 Å². The summed E-state index contributed by atoms with van der Waals surface area (Å²) in [5.41, 5.74) is 2.54. The van der Waals surface area contributed by atoms with Crippen molar-refractivity contribution in [1.29, 1.82) is 0 Å². The second kappa shape index (κ2) is 4.80. The fourth-order valence-corrected chi connectivity index (χ4v) is 3.46. The van der Waals surface area contributed by atoms with Crippen molar-refractivity contribution in [3.63, 3.8) is 0 Å². The molecule has 3 atom stereocenters. The standard InChI is InChI=1S/C16H23NO2/c1-11-4-5-15-13(8-11)14(17-3)10-16(19-15)6-7-18-12(2)9-16/h4-5,8,12,14,17H,6-7,9-10H2,1-3H3. The van der Waals surface area contributed by atoms with E-state index >= 15 is 0 Å². The van der Waals surface area contributed by atoms with E-state index in [4.69, 9.17) is 9.47 Å². The summed E-state index contributed by atoms with van der Waals surface area (Å²) < 4.78 is 12.1. The van der Waals surface area contributed by atoms with Gasteiger partial charge in [-0.2, -0.15) is 0 Å². The first-order valence-corrected chi connectivity index (χ1v) is 7.20. The minimum absolute atomic E-state index is 0.0480. The third-order valence-electron chi connectivity index (χ3n) is 4.41. The maximum Gasteiger partial charge on any atom is 0.124 e. The first-order valence-electron chi connectivity index (χ1n) is 7.20. The van der Waals surface area contributed by atoms with Gasteiger partial charge in [-0.3, -0.25) is 0 Å². The predicted molar refractivity (Wildman–Crippen MR) is 75.6 cm³/mol. The molecule has 0 saturated carbocycles. The van der Waals surface area contributed by atoms with E-state index in [-0.39, 0.29) is 5.60 Å². The zero-order chi connectivity index (χ0) is 13.5. The lowest BCUT2D eigenvalue weighted by Gasteiger charge is -2.46. The van der Waals surface area contributed by atoms with Crippen molar-refractivity contribution in [1.82, 2.24) is 5.32 Å². The van der Waals surface area contributed by atoms with Crippen LogP contribution in [0, 0.1) is 6.92 Å². The number of hydrogen-bond donors (Lipinski definition) is 1. The van der Waals surface area contributed by atoms with Crippen molar-refractivity contribution < 1.29 is 9.47 Å². The monoisotopic (exact) mass is 261 g/mol. The van der Waals surface area contributed by atoms with E-state index in [1.807, 2.05) is 7.05 Å². The minimum atomic E-state index is -0.0480. The summed E-state index contributed by atoms with van der Waals surface area (Å²) in [5.74, 6) is 1.05. The molecule has 1 aromatic carbocycles. The summed E-state index contributed by atoms with van der Waals surface area (Å²) in [6.45, 7) is 5.08. The van der Waals surface area contributed by atoms with Gasteiger partial charge in [-0.15, -0.1) is 0 Å². The van der Waals surface area contributed by atoms with Crippen molar-refractivity contribution in [3.05, 3.63) is 29.3 Å². The topological polar surface area (TPSA) is 30.5 Å². The van der Waals surface area contributed by atoms with E-state index < -0.39 is 0 Å². The van der Waals surface area contributed by atoms with Crippen LogP contribution in [0.4, 0.5) is 0 Å². The molecule has 3 heteroatoms. The molecule has 3 unspecified atom stereocenters. The molecule has 0 radical (unpaired) electrons. The fourth-order valence-electron chi connectivity index (χ4n) is 3.46. The highest BCUT2D eigenvalue weighted by atomic mass is 16.5. The van der Waals surface area contributed by atoms with E-state index in [1.54, 1.807) is 0 Å². The molecule has 2 aliphatic rings. The normalized spacial score (nSPS) is 33.8. The summed E-state index contributed by atoms with van der Waals surface area (Å²) in [6, 6.07) is 6.88. The number of ether oxygens (including phenoxy) is 2. The third kappa shape index (κ3) is 2.37.